The Kier molecular flexibility index (Phi) is 6.45. The van der Waals surface area contributed by atoms with E-state index in [0.29, 0.717) is 23.4 Å². The third-order valence-corrected chi connectivity index (χ3v) is 3.43. The van der Waals surface area contributed by atoms with Gasteiger partial charge in [-0.1, -0.05) is 13.0 Å². The van der Waals surface area contributed by atoms with Crippen molar-refractivity contribution in [2.75, 3.05) is 18.4 Å². The number of rotatable bonds is 7. The van der Waals surface area contributed by atoms with E-state index in [0.717, 1.165) is 6.54 Å². The number of likely N-dealkylation sites (N-methyl/N-ethyl adjacent to an activating group) is 1. The minimum Gasteiger partial charge on any atom is -0.350 e. The zero-order valence-electron chi connectivity index (χ0n) is 13.9. The lowest BCUT2D eigenvalue weighted by Gasteiger charge is -2.13. The van der Waals surface area contributed by atoms with E-state index in [9.17, 15) is 9.59 Å². The lowest BCUT2D eigenvalue weighted by molar-refractivity contribution is 0.0949. The molecule has 0 spiro atoms. The summed E-state index contributed by atoms with van der Waals surface area (Å²) in [6.07, 6.45) is 3.10. The monoisotopic (exact) mass is 326 g/mol. The van der Waals surface area contributed by atoms with Gasteiger partial charge in [-0.05, 0) is 43.8 Å². The van der Waals surface area contributed by atoms with Crippen LogP contribution in [-0.2, 0) is 0 Å². The minimum absolute atomic E-state index is 0.169. The van der Waals surface area contributed by atoms with Crippen LogP contribution in [0.2, 0.25) is 0 Å². The number of pyridine rings is 1. The van der Waals surface area contributed by atoms with Gasteiger partial charge in [-0.3, -0.25) is 14.6 Å². The molecule has 1 aromatic carbocycles. The van der Waals surface area contributed by atoms with Crippen LogP contribution in [0.15, 0.2) is 48.8 Å². The SMILES string of the molecule is CCN[C@H](C)CNC(=O)c1cccc(NC(=O)c2cccnc2)c1. The van der Waals surface area contributed by atoms with Crippen LogP contribution in [0.25, 0.3) is 0 Å². The summed E-state index contributed by atoms with van der Waals surface area (Å²) in [6, 6.07) is 10.4. The van der Waals surface area contributed by atoms with Gasteiger partial charge in [0.1, 0.15) is 0 Å². The first-order chi connectivity index (χ1) is 11.6. The maximum Gasteiger partial charge on any atom is 0.257 e. The van der Waals surface area contributed by atoms with E-state index in [2.05, 4.69) is 20.9 Å². The zero-order valence-corrected chi connectivity index (χ0v) is 13.9. The molecule has 3 N–H and O–H groups in total. The van der Waals surface area contributed by atoms with Crippen molar-refractivity contribution in [2.45, 2.75) is 19.9 Å². The van der Waals surface area contributed by atoms with Crippen LogP contribution < -0.4 is 16.0 Å². The molecule has 6 nitrogen and oxygen atoms in total. The quantitative estimate of drug-likeness (QED) is 0.727. The topological polar surface area (TPSA) is 83.1 Å². The van der Waals surface area contributed by atoms with Crippen LogP contribution >= 0.6 is 0 Å². The van der Waals surface area contributed by atoms with Gasteiger partial charge in [-0.15, -0.1) is 0 Å². The molecule has 0 radical (unpaired) electrons. The second-order valence-corrected chi connectivity index (χ2v) is 5.45. The van der Waals surface area contributed by atoms with Crippen LogP contribution in [0, 0.1) is 0 Å². The second kappa shape index (κ2) is 8.79. The predicted molar refractivity (Wildman–Crippen MR) is 94.1 cm³/mol. The fourth-order valence-electron chi connectivity index (χ4n) is 2.21. The van der Waals surface area contributed by atoms with Gasteiger partial charge in [-0.25, -0.2) is 0 Å². The highest BCUT2D eigenvalue weighted by molar-refractivity contribution is 6.04. The summed E-state index contributed by atoms with van der Waals surface area (Å²) >= 11 is 0. The lowest BCUT2D eigenvalue weighted by Crippen LogP contribution is -2.38. The van der Waals surface area contributed by atoms with E-state index < -0.39 is 0 Å². The van der Waals surface area contributed by atoms with Gasteiger partial charge < -0.3 is 16.0 Å². The maximum atomic E-state index is 12.2. The minimum atomic E-state index is -0.263. The molecule has 24 heavy (non-hydrogen) atoms. The number of carbonyl (C=O) groups is 2. The Morgan fingerprint density at radius 2 is 1.92 bits per heavy atom. The summed E-state index contributed by atoms with van der Waals surface area (Å²) in [7, 11) is 0. The molecule has 0 aliphatic carbocycles. The molecule has 0 bridgehead atoms. The molecule has 1 heterocycles. The number of amides is 2. The predicted octanol–water partition coefficient (Wildman–Crippen LogP) is 2.06. The summed E-state index contributed by atoms with van der Waals surface area (Å²) in [4.78, 5) is 28.2. The van der Waals surface area contributed by atoms with Crippen molar-refractivity contribution in [1.29, 1.82) is 0 Å². The molecule has 1 atom stereocenters. The van der Waals surface area contributed by atoms with Crippen molar-refractivity contribution in [1.82, 2.24) is 15.6 Å². The fraction of sp³-hybridized carbons (Fsp3) is 0.278. The van der Waals surface area contributed by atoms with E-state index >= 15 is 0 Å². The van der Waals surface area contributed by atoms with Crippen molar-refractivity contribution in [3.8, 4) is 0 Å². The first-order valence-corrected chi connectivity index (χ1v) is 7.93. The van der Waals surface area contributed by atoms with E-state index in [-0.39, 0.29) is 17.9 Å². The fourth-order valence-corrected chi connectivity index (χ4v) is 2.21. The molecule has 126 valence electrons. The maximum absolute atomic E-state index is 12.2. The van der Waals surface area contributed by atoms with Crippen LogP contribution in [-0.4, -0.2) is 35.9 Å². The molecule has 2 amide bonds. The Hall–Kier alpha value is -2.73. The van der Waals surface area contributed by atoms with Crippen LogP contribution in [0.1, 0.15) is 34.6 Å². The second-order valence-electron chi connectivity index (χ2n) is 5.45. The Morgan fingerprint density at radius 1 is 1.12 bits per heavy atom. The molecule has 0 aliphatic heterocycles. The Bertz CT molecular complexity index is 688. The van der Waals surface area contributed by atoms with Crippen molar-refractivity contribution in [3.63, 3.8) is 0 Å². The summed E-state index contributed by atoms with van der Waals surface area (Å²) in [6.45, 7) is 5.42. The van der Waals surface area contributed by atoms with E-state index in [1.807, 2.05) is 13.8 Å². The number of anilines is 1. The summed E-state index contributed by atoms with van der Waals surface area (Å²) < 4.78 is 0. The third kappa shape index (κ3) is 5.17. The van der Waals surface area contributed by atoms with Crippen molar-refractivity contribution in [2.24, 2.45) is 0 Å². The summed E-state index contributed by atoms with van der Waals surface area (Å²) in [5, 5.41) is 8.87. The van der Waals surface area contributed by atoms with Gasteiger partial charge >= 0.3 is 0 Å². The van der Waals surface area contributed by atoms with E-state index in [1.165, 1.54) is 6.20 Å². The van der Waals surface area contributed by atoms with Crippen molar-refractivity contribution < 1.29 is 9.59 Å². The van der Waals surface area contributed by atoms with Crippen molar-refractivity contribution in [3.05, 3.63) is 59.9 Å². The number of nitrogens with one attached hydrogen (secondary N) is 3. The van der Waals surface area contributed by atoms with Gasteiger partial charge in [0.25, 0.3) is 11.8 Å². The van der Waals surface area contributed by atoms with Gasteiger partial charge in [0, 0.05) is 36.2 Å². The molecule has 1 aromatic heterocycles. The highest BCUT2D eigenvalue weighted by Gasteiger charge is 2.10. The molecule has 0 unspecified atom stereocenters. The van der Waals surface area contributed by atoms with Crippen LogP contribution in [0.4, 0.5) is 5.69 Å². The van der Waals surface area contributed by atoms with Gasteiger partial charge in [0.2, 0.25) is 0 Å². The number of hydrogen-bond donors (Lipinski definition) is 3. The Balaban J connectivity index is 1.98. The normalized spacial score (nSPS) is 11.6. The number of hydrogen-bond acceptors (Lipinski definition) is 4. The lowest BCUT2D eigenvalue weighted by atomic mass is 10.1. The first-order valence-electron chi connectivity index (χ1n) is 7.93. The molecule has 0 saturated heterocycles. The molecule has 6 heteroatoms. The van der Waals surface area contributed by atoms with Crippen molar-refractivity contribution >= 4 is 17.5 Å². The highest BCUT2D eigenvalue weighted by Crippen LogP contribution is 2.12. The third-order valence-electron chi connectivity index (χ3n) is 3.43. The van der Waals surface area contributed by atoms with Crippen LogP contribution in [0.5, 0.6) is 0 Å². The smallest absolute Gasteiger partial charge is 0.257 e. The molecule has 0 fully saturated rings. The number of carbonyl (C=O) groups excluding carboxylic acids is 2. The molecule has 2 aromatic rings. The largest absolute Gasteiger partial charge is 0.350 e. The first kappa shape index (κ1) is 17.6. The average molecular weight is 326 g/mol. The molecular weight excluding hydrogens is 304 g/mol. The molecular formula is C18H22N4O2. The zero-order chi connectivity index (χ0) is 17.4. The van der Waals surface area contributed by atoms with E-state index in [1.54, 1.807) is 42.6 Å². The van der Waals surface area contributed by atoms with E-state index in [4.69, 9.17) is 0 Å². The Morgan fingerprint density at radius 3 is 2.62 bits per heavy atom. The van der Waals surface area contributed by atoms with Gasteiger partial charge in [0.05, 0.1) is 5.56 Å². The number of aromatic nitrogens is 1. The van der Waals surface area contributed by atoms with Crippen LogP contribution in [0.3, 0.4) is 0 Å². The summed E-state index contributed by atoms with van der Waals surface area (Å²) in [5.41, 5.74) is 1.53. The van der Waals surface area contributed by atoms with Gasteiger partial charge in [0.15, 0.2) is 0 Å². The highest BCUT2D eigenvalue weighted by atomic mass is 16.2. The standard InChI is InChI=1S/C18H22N4O2/c1-3-20-13(2)11-21-17(23)14-6-4-8-16(10-14)22-18(24)15-7-5-9-19-12-15/h4-10,12-13,20H,3,11H2,1-2H3,(H,21,23)(H,22,24)/t13-/m1/s1. The average Bonchev–Trinajstić information content (AvgIpc) is 2.61. The summed E-state index contributed by atoms with van der Waals surface area (Å²) in [5.74, 6) is -0.432. The number of nitrogens with zero attached hydrogens (tertiary/aromatic N) is 1. The number of benzene rings is 1. The van der Waals surface area contributed by atoms with Gasteiger partial charge in [-0.2, -0.15) is 0 Å². The molecule has 0 saturated carbocycles. The Labute approximate surface area is 141 Å². The molecule has 2 rings (SSSR count). The molecule has 0 aliphatic rings.